The van der Waals surface area contributed by atoms with Gasteiger partial charge in [0, 0.05) is 29.2 Å². The molecule has 2 aliphatic heterocycles. The van der Waals surface area contributed by atoms with E-state index in [0.717, 1.165) is 12.1 Å². The first-order valence-corrected chi connectivity index (χ1v) is 6.35. The topological polar surface area (TPSA) is 29.3 Å². The van der Waals surface area contributed by atoms with Crippen molar-refractivity contribution in [3.63, 3.8) is 0 Å². The third-order valence-electron chi connectivity index (χ3n) is 3.57. The summed E-state index contributed by atoms with van der Waals surface area (Å²) in [6, 6.07) is 4.13. The van der Waals surface area contributed by atoms with E-state index < -0.39 is 0 Å². The summed E-state index contributed by atoms with van der Waals surface area (Å²) in [4.78, 5) is 2.61. The number of piperidine rings is 1. The standard InChI is InChI=1S/C11H16N2S/c12-8-5-9-1-2-10(6-8)13(9)11-3-4-14-7-11/h3-4,7-10H,1-2,5-6,12H2. The fourth-order valence-corrected chi connectivity index (χ4v) is 3.68. The predicted molar refractivity (Wildman–Crippen MR) is 60.8 cm³/mol. The van der Waals surface area contributed by atoms with E-state index in [-0.39, 0.29) is 0 Å². The maximum atomic E-state index is 6.05. The number of thiophene rings is 1. The summed E-state index contributed by atoms with van der Waals surface area (Å²) < 4.78 is 0. The molecule has 2 saturated heterocycles. The van der Waals surface area contributed by atoms with Crippen LogP contribution in [0.4, 0.5) is 5.69 Å². The predicted octanol–water partition coefficient (Wildman–Crippen LogP) is 2.21. The average molecular weight is 208 g/mol. The maximum absolute atomic E-state index is 6.05. The van der Waals surface area contributed by atoms with E-state index in [4.69, 9.17) is 5.73 Å². The van der Waals surface area contributed by atoms with Crippen molar-refractivity contribution in [3.05, 3.63) is 16.8 Å². The Morgan fingerprint density at radius 3 is 2.57 bits per heavy atom. The first kappa shape index (κ1) is 8.74. The minimum absolute atomic E-state index is 0.447. The second-order valence-corrected chi connectivity index (χ2v) is 5.29. The number of anilines is 1. The molecule has 2 N–H and O–H groups in total. The third kappa shape index (κ3) is 1.27. The normalized spacial score (nSPS) is 36.4. The first-order valence-electron chi connectivity index (χ1n) is 5.40. The van der Waals surface area contributed by atoms with Crippen LogP contribution < -0.4 is 10.6 Å². The van der Waals surface area contributed by atoms with Crippen molar-refractivity contribution < 1.29 is 0 Å². The van der Waals surface area contributed by atoms with Gasteiger partial charge in [-0.15, -0.1) is 0 Å². The zero-order chi connectivity index (χ0) is 9.54. The van der Waals surface area contributed by atoms with Gasteiger partial charge in [0.1, 0.15) is 0 Å². The summed E-state index contributed by atoms with van der Waals surface area (Å²) in [5.74, 6) is 0. The van der Waals surface area contributed by atoms with Crippen molar-refractivity contribution in [2.75, 3.05) is 4.90 Å². The van der Waals surface area contributed by atoms with Gasteiger partial charge in [0.05, 0.1) is 0 Å². The van der Waals surface area contributed by atoms with Gasteiger partial charge in [-0.3, -0.25) is 0 Å². The fraction of sp³-hybridized carbons (Fsp3) is 0.636. The summed E-state index contributed by atoms with van der Waals surface area (Å²) in [5, 5.41) is 4.44. The molecule has 0 saturated carbocycles. The molecule has 2 atom stereocenters. The van der Waals surface area contributed by atoms with Crippen LogP contribution in [-0.2, 0) is 0 Å². The molecule has 3 heteroatoms. The lowest BCUT2D eigenvalue weighted by Crippen LogP contribution is -2.47. The van der Waals surface area contributed by atoms with Gasteiger partial charge >= 0.3 is 0 Å². The van der Waals surface area contributed by atoms with Crippen molar-refractivity contribution in [3.8, 4) is 0 Å². The molecule has 1 aromatic heterocycles. The molecule has 76 valence electrons. The van der Waals surface area contributed by atoms with Gasteiger partial charge in [0.15, 0.2) is 0 Å². The van der Waals surface area contributed by atoms with Crippen molar-refractivity contribution >= 4 is 17.0 Å². The fourth-order valence-electron chi connectivity index (χ4n) is 3.04. The van der Waals surface area contributed by atoms with Gasteiger partial charge in [-0.2, -0.15) is 11.3 Å². The van der Waals surface area contributed by atoms with Crippen LogP contribution in [0.5, 0.6) is 0 Å². The highest BCUT2D eigenvalue weighted by Gasteiger charge is 2.39. The second kappa shape index (κ2) is 3.24. The SMILES string of the molecule is NC1CC2CCC(C1)N2c1ccsc1. The number of fused-ring (bicyclic) bond motifs is 2. The number of nitrogens with zero attached hydrogens (tertiary/aromatic N) is 1. The molecule has 0 amide bonds. The molecule has 2 bridgehead atoms. The Bertz CT molecular complexity index is 295. The number of hydrogen-bond acceptors (Lipinski definition) is 3. The Hall–Kier alpha value is -0.540. The third-order valence-corrected chi connectivity index (χ3v) is 4.24. The van der Waals surface area contributed by atoms with Gasteiger partial charge in [-0.1, -0.05) is 0 Å². The highest BCUT2D eigenvalue weighted by Crippen LogP contribution is 2.39. The molecule has 14 heavy (non-hydrogen) atoms. The average Bonchev–Trinajstić information content (AvgIpc) is 2.72. The molecule has 2 unspecified atom stereocenters. The molecule has 0 spiro atoms. The molecule has 2 fully saturated rings. The minimum Gasteiger partial charge on any atom is -0.365 e. The van der Waals surface area contributed by atoms with Gasteiger partial charge in [0.25, 0.3) is 0 Å². The van der Waals surface area contributed by atoms with Crippen LogP contribution in [0.2, 0.25) is 0 Å². The molecule has 3 rings (SSSR count). The van der Waals surface area contributed by atoms with Crippen molar-refractivity contribution in [1.29, 1.82) is 0 Å². The molecule has 0 aromatic carbocycles. The number of hydrogen-bond donors (Lipinski definition) is 1. The van der Waals surface area contributed by atoms with Gasteiger partial charge < -0.3 is 10.6 Å². The number of nitrogens with two attached hydrogens (primary N) is 1. The van der Waals surface area contributed by atoms with Gasteiger partial charge in [-0.25, -0.2) is 0 Å². The van der Waals surface area contributed by atoms with Crippen LogP contribution in [0, 0.1) is 0 Å². The monoisotopic (exact) mass is 208 g/mol. The summed E-state index contributed by atoms with van der Waals surface area (Å²) in [6.07, 6.45) is 5.06. The molecular weight excluding hydrogens is 192 g/mol. The van der Waals surface area contributed by atoms with Crippen molar-refractivity contribution in [1.82, 2.24) is 0 Å². The van der Waals surface area contributed by atoms with Crippen LogP contribution >= 0.6 is 11.3 Å². The maximum Gasteiger partial charge on any atom is 0.0479 e. The van der Waals surface area contributed by atoms with Gasteiger partial charge in [-0.05, 0) is 37.1 Å². The molecule has 2 nitrogen and oxygen atoms in total. The lowest BCUT2D eigenvalue weighted by Gasteiger charge is -2.38. The van der Waals surface area contributed by atoms with E-state index in [0.29, 0.717) is 6.04 Å². The second-order valence-electron chi connectivity index (χ2n) is 4.51. The zero-order valence-corrected chi connectivity index (χ0v) is 9.04. The summed E-state index contributed by atoms with van der Waals surface area (Å²) in [7, 11) is 0. The van der Waals surface area contributed by atoms with Crippen LogP contribution in [0.3, 0.4) is 0 Å². The van der Waals surface area contributed by atoms with Crippen molar-refractivity contribution in [2.45, 2.75) is 43.8 Å². The highest BCUT2D eigenvalue weighted by molar-refractivity contribution is 7.08. The summed E-state index contributed by atoms with van der Waals surface area (Å²) in [5.41, 5.74) is 7.47. The van der Waals surface area contributed by atoms with Gasteiger partial charge in [0.2, 0.25) is 0 Å². The quantitative estimate of drug-likeness (QED) is 0.766. The molecule has 0 radical (unpaired) electrons. The summed E-state index contributed by atoms with van der Waals surface area (Å²) >= 11 is 1.79. The molecule has 1 aromatic rings. The van der Waals surface area contributed by atoms with E-state index in [1.807, 2.05) is 0 Å². The van der Waals surface area contributed by atoms with Crippen molar-refractivity contribution in [2.24, 2.45) is 5.73 Å². The Morgan fingerprint density at radius 2 is 2.00 bits per heavy atom. The highest BCUT2D eigenvalue weighted by atomic mass is 32.1. The molecule has 0 aliphatic carbocycles. The first-order chi connectivity index (χ1) is 6.84. The van der Waals surface area contributed by atoms with Crippen LogP contribution in [0.15, 0.2) is 16.8 Å². The smallest absolute Gasteiger partial charge is 0.0479 e. The zero-order valence-electron chi connectivity index (χ0n) is 8.23. The lowest BCUT2D eigenvalue weighted by molar-refractivity contribution is 0.415. The minimum atomic E-state index is 0.447. The number of rotatable bonds is 1. The van der Waals surface area contributed by atoms with E-state index in [9.17, 15) is 0 Å². The molecular formula is C11H16N2S. The Kier molecular flexibility index (Phi) is 2.03. The van der Waals surface area contributed by atoms with Crippen LogP contribution in [0.1, 0.15) is 25.7 Å². The van der Waals surface area contributed by atoms with Crippen LogP contribution in [0.25, 0.3) is 0 Å². The van der Waals surface area contributed by atoms with Crippen LogP contribution in [-0.4, -0.2) is 18.1 Å². The van der Waals surface area contributed by atoms with E-state index >= 15 is 0 Å². The Balaban J connectivity index is 1.88. The van der Waals surface area contributed by atoms with E-state index in [1.165, 1.54) is 31.4 Å². The van der Waals surface area contributed by atoms with E-state index in [1.54, 1.807) is 11.3 Å². The summed E-state index contributed by atoms with van der Waals surface area (Å²) in [6.45, 7) is 0. The lowest BCUT2D eigenvalue weighted by atomic mass is 9.98. The molecule has 2 aliphatic rings. The largest absolute Gasteiger partial charge is 0.365 e. The Morgan fingerprint density at radius 1 is 1.29 bits per heavy atom. The Labute approximate surface area is 88.7 Å². The van der Waals surface area contributed by atoms with E-state index in [2.05, 4.69) is 21.7 Å². The molecule has 3 heterocycles.